The molecule has 1 aliphatic heterocycles. The average Bonchev–Trinajstić information content (AvgIpc) is 3.38. The van der Waals surface area contributed by atoms with Crippen molar-refractivity contribution >= 4 is 34.6 Å². The van der Waals surface area contributed by atoms with E-state index in [0.29, 0.717) is 19.4 Å². The number of carboxylic acids is 1. The number of para-hydroxylation sites is 1. The van der Waals surface area contributed by atoms with Crippen LogP contribution >= 0.6 is 0 Å². The molecule has 3 amide bonds. The van der Waals surface area contributed by atoms with Gasteiger partial charge in [-0.1, -0.05) is 18.2 Å². The van der Waals surface area contributed by atoms with Crippen LogP contribution in [-0.4, -0.2) is 63.4 Å². The number of carbonyl (C=O) groups is 4. The number of aromatic nitrogens is 1. The van der Waals surface area contributed by atoms with Crippen LogP contribution in [0, 0.1) is 0 Å². The molecule has 10 heteroatoms. The van der Waals surface area contributed by atoms with Crippen LogP contribution in [0.2, 0.25) is 0 Å². The molecule has 2 heterocycles. The van der Waals surface area contributed by atoms with Gasteiger partial charge in [-0.25, -0.2) is 4.79 Å². The van der Waals surface area contributed by atoms with Crippen LogP contribution in [0.4, 0.5) is 0 Å². The first-order valence-corrected chi connectivity index (χ1v) is 10.2. The fourth-order valence-electron chi connectivity index (χ4n) is 3.92. The number of primary amides is 1. The molecule has 1 fully saturated rings. The van der Waals surface area contributed by atoms with Gasteiger partial charge in [0.25, 0.3) is 0 Å². The van der Waals surface area contributed by atoms with Crippen molar-refractivity contribution in [1.82, 2.24) is 15.2 Å². The van der Waals surface area contributed by atoms with E-state index in [1.54, 1.807) is 6.20 Å². The van der Waals surface area contributed by atoms with Crippen LogP contribution in [0.1, 0.15) is 31.2 Å². The minimum Gasteiger partial charge on any atom is -0.480 e. The molecule has 166 valence electrons. The third kappa shape index (κ3) is 5.21. The van der Waals surface area contributed by atoms with Crippen molar-refractivity contribution in [2.24, 2.45) is 11.5 Å². The zero-order valence-corrected chi connectivity index (χ0v) is 17.0. The fourth-order valence-corrected chi connectivity index (χ4v) is 3.92. The highest BCUT2D eigenvalue weighted by atomic mass is 16.4. The zero-order valence-electron chi connectivity index (χ0n) is 17.0. The Balaban J connectivity index is 1.82. The molecular weight excluding hydrogens is 402 g/mol. The van der Waals surface area contributed by atoms with Gasteiger partial charge >= 0.3 is 5.97 Å². The van der Waals surface area contributed by atoms with Crippen LogP contribution in [0.25, 0.3) is 10.9 Å². The smallest absolute Gasteiger partial charge is 0.326 e. The van der Waals surface area contributed by atoms with E-state index in [1.807, 2.05) is 24.3 Å². The van der Waals surface area contributed by atoms with Crippen LogP contribution in [-0.2, 0) is 25.6 Å². The lowest BCUT2D eigenvalue weighted by molar-refractivity contribution is -0.149. The summed E-state index contributed by atoms with van der Waals surface area (Å²) >= 11 is 0. The number of carboxylic acid groups (broad SMARTS) is 1. The summed E-state index contributed by atoms with van der Waals surface area (Å²) in [7, 11) is 0. The lowest BCUT2D eigenvalue weighted by Crippen LogP contribution is -2.55. The first kappa shape index (κ1) is 22.3. The van der Waals surface area contributed by atoms with Crippen molar-refractivity contribution in [2.75, 3.05) is 6.54 Å². The summed E-state index contributed by atoms with van der Waals surface area (Å²) < 4.78 is 0. The highest BCUT2D eigenvalue weighted by Gasteiger charge is 2.38. The van der Waals surface area contributed by atoms with Gasteiger partial charge in [-0.15, -0.1) is 0 Å². The molecule has 31 heavy (non-hydrogen) atoms. The number of benzene rings is 1. The Labute approximate surface area is 178 Å². The summed E-state index contributed by atoms with van der Waals surface area (Å²) in [5.41, 5.74) is 12.7. The van der Waals surface area contributed by atoms with Crippen molar-refractivity contribution < 1.29 is 24.3 Å². The van der Waals surface area contributed by atoms with Crippen molar-refractivity contribution in [3.63, 3.8) is 0 Å². The summed E-state index contributed by atoms with van der Waals surface area (Å²) in [5.74, 6) is -2.70. The van der Waals surface area contributed by atoms with Gasteiger partial charge in [0, 0.05) is 36.5 Å². The van der Waals surface area contributed by atoms with E-state index < -0.39 is 41.8 Å². The Morgan fingerprint density at radius 3 is 2.71 bits per heavy atom. The number of hydrogen-bond donors (Lipinski definition) is 5. The Morgan fingerprint density at radius 1 is 1.26 bits per heavy atom. The number of rotatable bonds is 9. The third-order valence-electron chi connectivity index (χ3n) is 5.57. The van der Waals surface area contributed by atoms with Gasteiger partial charge < -0.3 is 31.8 Å². The fraction of sp³-hybridized carbons (Fsp3) is 0.429. The number of nitrogens with zero attached hydrogens (tertiary/aromatic N) is 1. The number of carbonyl (C=O) groups excluding carboxylic acids is 3. The number of fused-ring (bicyclic) bond motifs is 1. The van der Waals surface area contributed by atoms with E-state index in [2.05, 4.69) is 10.3 Å². The minimum atomic E-state index is -1.07. The largest absolute Gasteiger partial charge is 0.480 e. The van der Waals surface area contributed by atoms with Gasteiger partial charge in [0.1, 0.15) is 12.1 Å². The maximum absolute atomic E-state index is 13.3. The normalized spacial score (nSPS) is 18.0. The van der Waals surface area contributed by atoms with Gasteiger partial charge in [-0.05, 0) is 30.9 Å². The van der Waals surface area contributed by atoms with Gasteiger partial charge in [-0.2, -0.15) is 0 Å². The Bertz CT molecular complexity index is 987. The summed E-state index contributed by atoms with van der Waals surface area (Å²) in [5, 5.41) is 13.0. The van der Waals surface area contributed by atoms with Crippen molar-refractivity contribution in [2.45, 2.75) is 50.2 Å². The Morgan fingerprint density at radius 2 is 2.00 bits per heavy atom. The predicted molar refractivity (Wildman–Crippen MR) is 113 cm³/mol. The van der Waals surface area contributed by atoms with Gasteiger partial charge in [0.2, 0.25) is 17.7 Å². The number of likely N-dealkylation sites (tertiary alicyclic amines) is 1. The number of H-pyrrole nitrogens is 1. The zero-order chi connectivity index (χ0) is 22.5. The molecule has 1 saturated heterocycles. The van der Waals surface area contributed by atoms with E-state index in [-0.39, 0.29) is 19.3 Å². The van der Waals surface area contributed by atoms with E-state index in [1.165, 1.54) is 4.90 Å². The average molecular weight is 429 g/mol. The number of aromatic amines is 1. The molecule has 3 rings (SSSR count). The number of hydrogen-bond acceptors (Lipinski definition) is 5. The molecule has 0 bridgehead atoms. The molecule has 0 saturated carbocycles. The van der Waals surface area contributed by atoms with Crippen LogP contribution in [0.3, 0.4) is 0 Å². The minimum absolute atomic E-state index is 0.0522. The van der Waals surface area contributed by atoms with Crippen LogP contribution < -0.4 is 16.8 Å². The number of nitrogens with one attached hydrogen (secondary N) is 2. The molecule has 1 aromatic carbocycles. The molecule has 1 aliphatic rings. The van der Waals surface area contributed by atoms with Crippen molar-refractivity contribution in [3.05, 3.63) is 36.0 Å². The molecular formula is C21H27N5O5. The number of amides is 3. The molecule has 0 unspecified atom stereocenters. The van der Waals surface area contributed by atoms with Gasteiger partial charge in [0.05, 0.1) is 6.04 Å². The Kier molecular flexibility index (Phi) is 6.91. The quantitative estimate of drug-likeness (QED) is 0.371. The van der Waals surface area contributed by atoms with Crippen LogP contribution in [0.5, 0.6) is 0 Å². The SMILES string of the molecule is NC(=O)CC[C@H](N)C(=O)N[C@@H](Cc1c[nH]c2ccccc12)C(=O)N1CCC[C@@H]1C(=O)O. The molecule has 0 aliphatic carbocycles. The number of nitrogens with two attached hydrogens (primary N) is 2. The summed E-state index contributed by atoms with van der Waals surface area (Å²) in [6.07, 6.45) is 2.88. The van der Waals surface area contributed by atoms with Crippen molar-refractivity contribution in [3.8, 4) is 0 Å². The molecule has 0 radical (unpaired) electrons. The first-order chi connectivity index (χ1) is 14.8. The van der Waals surface area contributed by atoms with Crippen molar-refractivity contribution in [1.29, 1.82) is 0 Å². The number of aliphatic carboxylic acids is 1. The first-order valence-electron chi connectivity index (χ1n) is 10.2. The van der Waals surface area contributed by atoms with E-state index in [9.17, 15) is 24.3 Å². The maximum Gasteiger partial charge on any atom is 0.326 e. The second kappa shape index (κ2) is 9.61. The molecule has 1 aromatic heterocycles. The topological polar surface area (TPSA) is 172 Å². The highest BCUT2D eigenvalue weighted by molar-refractivity contribution is 5.93. The summed E-state index contributed by atoms with van der Waals surface area (Å²) in [4.78, 5) is 52.9. The van der Waals surface area contributed by atoms with Gasteiger partial charge in [0.15, 0.2) is 0 Å². The highest BCUT2D eigenvalue weighted by Crippen LogP contribution is 2.23. The second-order valence-electron chi connectivity index (χ2n) is 7.76. The maximum atomic E-state index is 13.3. The molecule has 0 spiro atoms. The standard InChI is InChI=1S/C21H27N5O5/c22-14(7-8-18(23)27)19(28)25-16(20(29)26-9-3-6-17(26)21(30)31)10-12-11-24-15-5-2-1-4-13(12)15/h1-2,4-5,11,14,16-17,24H,3,6-10,22H2,(H2,23,27)(H,25,28)(H,30,31)/t14-,16-,17+/m0/s1. The third-order valence-corrected chi connectivity index (χ3v) is 5.57. The lowest BCUT2D eigenvalue weighted by Gasteiger charge is -2.28. The Hall–Kier alpha value is -3.40. The van der Waals surface area contributed by atoms with Gasteiger partial charge in [-0.3, -0.25) is 14.4 Å². The molecule has 7 N–H and O–H groups in total. The van der Waals surface area contributed by atoms with E-state index in [0.717, 1.165) is 16.5 Å². The van der Waals surface area contributed by atoms with Crippen LogP contribution in [0.15, 0.2) is 30.5 Å². The summed E-state index contributed by atoms with van der Waals surface area (Å²) in [6, 6.07) is 4.63. The molecule has 10 nitrogen and oxygen atoms in total. The van der Waals surface area contributed by atoms with E-state index >= 15 is 0 Å². The molecule has 3 atom stereocenters. The summed E-state index contributed by atoms with van der Waals surface area (Å²) in [6.45, 7) is 0.309. The van der Waals surface area contributed by atoms with E-state index in [4.69, 9.17) is 11.5 Å². The monoisotopic (exact) mass is 429 g/mol. The lowest BCUT2D eigenvalue weighted by atomic mass is 10.0. The second-order valence-corrected chi connectivity index (χ2v) is 7.76. The molecule has 2 aromatic rings. The predicted octanol–water partition coefficient (Wildman–Crippen LogP) is -0.136.